The van der Waals surface area contributed by atoms with E-state index >= 15 is 0 Å². The molecule has 0 bridgehead atoms. The summed E-state index contributed by atoms with van der Waals surface area (Å²) in [6, 6.07) is 1.92. The second kappa shape index (κ2) is 5.39. The van der Waals surface area contributed by atoms with Crippen LogP contribution in [0.3, 0.4) is 0 Å². The third-order valence-corrected chi connectivity index (χ3v) is 2.15. The SMILES string of the molecule is CC(Cl)CCNc1cc(C(F)(F)F)ccn1. The quantitative estimate of drug-likeness (QED) is 0.830. The van der Waals surface area contributed by atoms with Gasteiger partial charge in [-0.15, -0.1) is 11.6 Å². The van der Waals surface area contributed by atoms with Gasteiger partial charge in [-0.2, -0.15) is 13.2 Å². The lowest BCUT2D eigenvalue weighted by atomic mass is 10.2. The fraction of sp³-hybridized carbons (Fsp3) is 0.500. The molecule has 0 aliphatic rings. The third kappa shape index (κ3) is 4.26. The van der Waals surface area contributed by atoms with Crippen LogP contribution in [0.4, 0.5) is 19.0 Å². The molecular formula is C10H12ClF3N2. The number of hydrogen-bond acceptors (Lipinski definition) is 2. The number of nitrogens with zero attached hydrogens (tertiary/aromatic N) is 1. The topological polar surface area (TPSA) is 24.9 Å². The molecule has 90 valence electrons. The van der Waals surface area contributed by atoms with Gasteiger partial charge in [-0.05, 0) is 25.5 Å². The van der Waals surface area contributed by atoms with Crippen molar-refractivity contribution < 1.29 is 13.2 Å². The van der Waals surface area contributed by atoms with Gasteiger partial charge in [-0.3, -0.25) is 0 Å². The Morgan fingerprint density at radius 2 is 2.19 bits per heavy atom. The first-order chi connectivity index (χ1) is 7.39. The van der Waals surface area contributed by atoms with Gasteiger partial charge >= 0.3 is 6.18 Å². The molecule has 16 heavy (non-hydrogen) atoms. The lowest BCUT2D eigenvalue weighted by Crippen LogP contribution is -2.10. The minimum Gasteiger partial charge on any atom is -0.370 e. The molecule has 1 atom stereocenters. The van der Waals surface area contributed by atoms with Gasteiger partial charge < -0.3 is 5.32 Å². The van der Waals surface area contributed by atoms with Gasteiger partial charge in [0.2, 0.25) is 0 Å². The first-order valence-electron chi connectivity index (χ1n) is 4.81. The summed E-state index contributed by atoms with van der Waals surface area (Å²) in [6.07, 6.45) is -2.53. The summed E-state index contributed by atoms with van der Waals surface area (Å²) in [4.78, 5) is 3.80. The number of rotatable bonds is 4. The molecule has 0 fully saturated rings. The lowest BCUT2D eigenvalue weighted by molar-refractivity contribution is -0.137. The maximum atomic E-state index is 12.3. The zero-order valence-corrected chi connectivity index (χ0v) is 9.44. The van der Waals surface area contributed by atoms with Crippen LogP contribution >= 0.6 is 11.6 Å². The Labute approximate surface area is 96.8 Å². The van der Waals surface area contributed by atoms with Crippen molar-refractivity contribution in [2.45, 2.75) is 24.9 Å². The van der Waals surface area contributed by atoms with Gasteiger partial charge in [-0.1, -0.05) is 0 Å². The van der Waals surface area contributed by atoms with Crippen LogP contribution in [0, 0.1) is 0 Å². The second-order valence-electron chi connectivity index (χ2n) is 3.42. The molecule has 1 heterocycles. The van der Waals surface area contributed by atoms with Crippen molar-refractivity contribution in [1.82, 2.24) is 4.98 Å². The standard InChI is InChI=1S/C10H12ClF3N2/c1-7(11)2-4-15-9-6-8(3-5-16-9)10(12,13)14/h3,5-7H,2,4H2,1H3,(H,15,16). The van der Waals surface area contributed by atoms with Gasteiger partial charge in [0.15, 0.2) is 0 Å². The Hall–Kier alpha value is -0.970. The van der Waals surface area contributed by atoms with Crippen LogP contribution in [0.15, 0.2) is 18.3 Å². The number of halogens is 4. The highest BCUT2D eigenvalue weighted by Crippen LogP contribution is 2.29. The second-order valence-corrected chi connectivity index (χ2v) is 4.17. The molecule has 0 amide bonds. The monoisotopic (exact) mass is 252 g/mol. The van der Waals surface area contributed by atoms with Crippen molar-refractivity contribution >= 4 is 17.4 Å². The molecule has 1 N–H and O–H groups in total. The molecule has 0 saturated carbocycles. The Morgan fingerprint density at radius 3 is 2.75 bits per heavy atom. The van der Waals surface area contributed by atoms with Crippen LogP contribution in [0.1, 0.15) is 18.9 Å². The Morgan fingerprint density at radius 1 is 1.50 bits per heavy atom. The van der Waals surface area contributed by atoms with Crippen molar-refractivity contribution in [3.63, 3.8) is 0 Å². The average Bonchev–Trinajstić information content (AvgIpc) is 2.16. The van der Waals surface area contributed by atoms with Crippen molar-refractivity contribution in [2.24, 2.45) is 0 Å². The van der Waals surface area contributed by atoms with Crippen LogP contribution in [0.2, 0.25) is 0 Å². The first kappa shape index (κ1) is 13.1. The number of aromatic nitrogens is 1. The highest BCUT2D eigenvalue weighted by Gasteiger charge is 2.30. The molecule has 0 aromatic carbocycles. The van der Waals surface area contributed by atoms with Gasteiger partial charge in [-0.25, -0.2) is 4.98 Å². The van der Waals surface area contributed by atoms with Crippen molar-refractivity contribution in [3.8, 4) is 0 Å². The molecule has 0 spiro atoms. The van der Waals surface area contributed by atoms with E-state index in [-0.39, 0.29) is 11.2 Å². The van der Waals surface area contributed by atoms with Crippen molar-refractivity contribution in [1.29, 1.82) is 0 Å². The molecule has 1 rings (SSSR count). The normalized spacial score (nSPS) is 13.6. The molecule has 0 saturated heterocycles. The van der Waals surface area contributed by atoms with E-state index in [1.165, 1.54) is 0 Å². The van der Waals surface area contributed by atoms with Gasteiger partial charge in [0.05, 0.1) is 5.56 Å². The van der Waals surface area contributed by atoms with E-state index in [0.717, 1.165) is 18.3 Å². The minimum absolute atomic E-state index is 0.0155. The Bertz CT molecular complexity index is 339. The zero-order valence-electron chi connectivity index (χ0n) is 8.68. The molecule has 1 aromatic heterocycles. The smallest absolute Gasteiger partial charge is 0.370 e. The Kier molecular flexibility index (Phi) is 4.41. The predicted octanol–water partition coefficient (Wildman–Crippen LogP) is 3.53. The molecule has 0 aliphatic heterocycles. The van der Waals surface area contributed by atoms with E-state index in [4.69, 9.17) is 11.6 Å². The van der Waals surface area contributed by atoms with E-state index in [9.17, 15) is 13.2 Å². The van der Waals surface area contributed by atoms with E-state index in [1.807, 2.05) is 6.92 Å². The fourth-order valence-electron chi connectivity index (χ4n) is 1.10. The zero-order chi connectivity index (χ0) is 12.2. The van der Waals surface area contributed by atoms with E-state index in [0.29, 0.717) is 13.0 Å². The summed E-state index contributed by atoms with van der Waals surface area (Å²) in [5.41, 5.74) is -0.705. The van der Waals surface area contributed by atoms with E-state index < -0.39 is 11.7 Å². The maximum absolute atomic E-state index is 12.3. The van der Waals surface area contributed by atoms with E-state index in [2.05, 4.69) is 10.3 Å². The van der Waals surface area contributed by atoms with Crippen molar-refractivity contribution in [2.75, 3.05) is 11.9 Å². The molecule has 0 radical (unpaired) electrons. The summed E-state index contributed by atoms with van der Waals surface area (Å²) in [5.74, 6) is 0.215. The molecule has 0 aliphatic carbocycles. The summed E-state index contributed by atoms with van der Waals surface area (Å²) in [7, 11) is 0. The van der Waals surface area contributed by atoms with E-state index in [1.54, 1.807) is 0 Å². The largest absolute Gasteiger partial charge is 0.416 e. The minimum atomic E-state index is -4.33. The summed E-state index contributed by atoms with van der Waals surface area (Å²) in [6.45, 7) is 2.32. The molecular weight excluding hydrogens is 241 g/mol. The molecule has 1 aromatic rings. The predicted molar refractivity (Wildman–Crippen MR) is 57.7 cm³/mol. The molecule has 1 unspecified atom stereocenters. The third-order valence-electron chi connectivity index (χ3n) is 1.94. The number of pyridine rings is 1. The van der Waals surface area contributed by atoms with Crippen molar-refractivity contribution in [3.05, 3.63) is 23.9 Å². The Balaban J connectivity index is 2.61. The summed E-state index contributed by atoms with van der Waals surface area (Å²) in [5, 5.41) is 2.78. The fourth-order valence-corrected chi connectivity index (χ4v) is 1.21. The first-order valence-corrected chi connectivity index (χ1v) is 5.24. The lowest BCUT2D eigenvalue weighted by Gasteiger charge is -2.10. The molecule has 2 nitrogen and oxygen atoms in total. The van der Waals surface area contributed by atoms with Gasteiger partial charge in [0, 0.05) is 18.1 Å². The van der Waals surface area contributed by atoms with Crippen LogP contribution in [-0.4, -0.2) is 16.9 Å². The maximum Gasteiger partial charge on any atom is 0.416 e. The average molecular weight is 253 g/mol. The number of anilines is 1. The summed E-state index contributed by atoms with van der Waals surface area (Å²) >= 11 is 5.71. The molecule has 6 heteroatoms. The van der Waals surface area contributed by atoms with Crippen LogP contribution in [0.5, 0.6) is 0 Å². The van der Waals surface area contributed by atoms with Crippen LogP contribution in [0.25, 0.3) is 0 Å². The highest BCUT2D eigenvalue weighted by molar-refractivity contribution is 6.20. The number of hydrogen-bond donors (Lipinski definition) is 1. The number of alkyl halides is 4. The van der Waals surface area contributed by atoms with Crippen LogP contribution < -0.4 is 5.32 Å². The van der Waals surface area contributed by atoms with Gasteiger partial charge in [0.25, 0.3) is 0 Å². The van der Waals surface area contributed by atoms with Crippen LogP contribution in [-0.2, 0) is 6.18 Å². The summed E-state index contributed by atoms with van der Waals surface area (Å²) < 4.78 is 37.0. The van der Waals surface area contributed by atoms with Gasteiger partial charge in [0.1, 0.15) is 5.82 Å². The highest BCUT2D eigenvalue weighted by atomic mass is 35.5. The number of nitrogens with one attached hydrogen (secondary N) is 1.